The van der Waals surface area contributed by atoms with E-state index in [2.05, 4.69) is 29.6 Å². The first-order valence-electron chi connectivity index (χ1n) is 5.97. The van der Waals surface area contributed by atoms with Crippen LogP contribution in [0.15, 0.2) is 10.6 Å². The molecule has 0 saturated heterocycles. The number of carbonyl (C=O) groups is 1. The van der Waals surface area contributed by atoms with E-state index in [9.17, 15) is 4.79 Å². The molecule has 1 aromatic rings. The Morgan fingerprint density at radius 3 is 2.88 bits per heavy atom. The van der Waals surface area contributed by atoms with Gasteiger partial charge in [0.05, 0.1) is 12.2 Å². The van der Waals surface area contributed by atoms with Crippen molar-refractivity contribution in [1.29, 1.82) is 0 Å². The standard InChI is InChI=1S/C12H21N3O2/c1-9(2)4-5-14-12(16)8-13-7-11-6-10(3)17-15-11/h6,9,13H,4-5,7-8H2,1-3H3,(H,14,16). The smallest absolute Gasteiger partial charge is 0.233 e. The Hall–Kier alpha value is -1.36. The molecule has 0 saturated carbocycles. The maximum Gasteiger partial charge on any atom is 0.233 e. The number of rotatable bonds is 7. The van der Waals surface area contributed by atoms with Crippen LogP contribution in [0.2, 0.25) is 0 Å². The summed E-state index contributed by atoms with van der Waals surface area (Å²) >= 11 is 0. The summed E-state index contributed by atoms with van der Waals surface area (Å²) < 4.78 is 4.92. The molecule has 0 aliphatic carbocycles. The van der Waals surface area contributed by atoms with E-state index in [1.54, 1.807) is 0 Å². The molecule has 96 valence electrons. The Bertz CT molecular complexity index is 347. The summed E-state index contributed by atoms with van der Waals surface area (Å²) in [6.45, 7) is 7.71. The number of aryl methyl sites for hydroxylation is 1. The predicted octanol–water partition coefficient (Wildman–Crippen LogP) is 1.23. The van der Waals surface area contributed by atoms with Gasteiger partial charge in [0.15, 0.2) is 0 Å². The van der Waals surface area contributed by atoms with Crippen LogP contribution in [0.4, 0.5) is 0 Å². The van der Waals surface area contributed by atoms with Crippen molar-refractivity contribution in [3.63, 3.8) is 0 Å². The second-order valence-corrected chi connectivity index (χ2v) is 4.56. The molecule has 1 aromatic heterocycles. The van der Waals surface area contributed by atoms with Crippen LogP contribution in [0.1, 0.15) is 31.7 Å². The van der Waals surface area contributed by atoms with Gasteiger partial charge < -0.3 is 15.2 Å². The lowest BCUT2D eigenvalue weighted by Crippen LogP contribution is -2.34. The SMILES string of the molecule is Cc1cc(CNCC(=O)NCCC(C)C)no1. The van der Waals surface area contributed by atoms with Gasteiger partial charge >= 0.3 is 0 Å². The van der Waals surface area contributed by atoms with Gasteiger partial charge in [-0.1, -0.05) is 19.0 Å². The maximum atomic E-state index is 11.4. The van der Waals surface area contributed by atoms with Crippen LogP contribution in [0.5, 0.6) is 0 Å². The highest BCUT2D eigenvalue weighted by Gasteiger charge is 2.03. The second-order valence-electron chi connectivity index (χ2n) is 4.56. The highest BCUT2D eigenvalue weighted by Crippen LogP contribution is 2.00. The van der Waals surface area contributed by atoms with E-state index in [1.165, 1.54) is 0 Å². The number of hydrogen-bond acceptors (Lipinski definition) is 4. The second kappa shape index (κ2) is 7.06. The first-order valence-corrected chi connectivity index (χ1v) is 5.97. The zero-order valence-corrected chi connectivity index (χ0v) is 10.7. The summed E-state index contributed by atoms with van der Waals surface area (Å²) in [5.74, 6) is 1.41. The van der Waals surface area contributed by atoms with Gasteiger partial charge in [-0.2, -0.15) is 0 Å². The summed E-state index contributed by atoms with van der Waals surface area (Å²) in [6.07, 6.45) is 1.01. The minimum absolute atomic E-state index is 0.0193. The predicted molar refractivity (Wildman–Crippen MR) is 65.4 cm³/mol. The quantitative estimate of drug-likeness (QED) is 0.751. The van der Waals surface area contributed by atoms with Gasteiger partial charge in [-0.05, 0) is 19.3 Å². The molecular weight excluding hydrogens is 218 g/mol. The fraction of sp³-hybridized carbons (Fsp3) is 0.667. The minimum Gasteiger partial charge on any atom is -0.361 e. The first-order chi connectivity index (χ1) is 8.08. The molecule has 0 fully saturated rings. The Morgan fingerprint density at radius 2 is 2.29 bits per heavy atom. The molecule has 0 unspecified atom stereocenters. The average molecular weight is 239 g/mol. The lowest BCUT2D eigenvalue weighted by atomic mass is 10.1. The Labute approximate surface area is 102 Å². The molecule has 0 bridgehead atoms. The van der Waals surface area contributed by atoms with E-state index in [0.717, 1.165) is 24.4 Å². The summed E-state index contributed by atoms with van der Waals surface area (Å²) in [5, 5.41) is 9.71. The number of nitrogens with one attached hydrogen (secondary N) is 2. The molecule has 5 heteroatoms. The Morgan fingerprint density at radius 1 is 1.53 bits per heavy atom. The molecule has 2 N–H and O–H groups in total. The fourth-order valence-electron chi connectivity index (χ4n) is 1.37. The Balaban J connectivity index is 2.08. The summed E-state index contributed by atoms with van der Waals surface area (Å²) in [6, 6.07) is 1.85. The zero-order valence-electron chi connectivity index (χ0n) is 10.7. The van der Waals surface area contributed by atoms with E-state index in [0.29, 0.717) is 19.0 Å². The van der Waals surface area contributed by atoms with Crippen LogP contribution in [-0.4, -0.2) is 24.2 Å². The number of carbonyl (C=O) groups excluding carboxylic acids is 1. The van der Waals surface area contributed by atoms with E-state index in [4.69, 9.17) is 4.52 Å². The summed E-state index contributed by atoms with van der Waals surface area (Å²) in [5.41, 5.74) is 0.817. The first kappa shape index (κ1) is 13.7. The van der Waals surface area contributed by atoms with Crippen LogP contribution in [-0.2, 0) is 11.3 Å². The molecule has 0 aliphatic heterocycles. The van der Waals surface area contributed by atoms with Crippen molar-refractivity contribution in [1.82, 2.24) is 15.8 Å². The van der Waals surface area contributed by atoms with Crippen molar-refractivity contribution in [3.8, 4) is 0 Å². The molecule has 0 radical (unpaired) electrons. The topological polar surface area (TPSA) is 67.2 Å². The number of nitrogens with zero attached hydrogens (tertiary/aromatic N) is 1. The van der Waals surface area contributed by atoms with Gasteiger partial charge in [0, 0.05) is 19.2 Å². The van der Waals surface area contributed by atoms with Crippen molar-refractivity contribution >= 4 is 5.91 Å². The summed E-state index contributed by atoms with van der Waals surface area (Å²) in [7, 11) is 0. The van der Waals surface area contributed by atoms with Crippen molar-refractivity contribution in [3.05, 3.63) is 17.5 Å². The van der Waals surface area contributed by atoms with Gasteiger partial charge in [0.2, 0.25) is 5.91 Å². The third-order valence-corrected chi connectivity index (χ3v) is 2.31. The van der Waals surface area contributed by atoms with E-state index in [-0.39, 0.29) is 5.91 Å². The lowest BCUT2D eigenvalue weighted by molar-refractivity contribution is -0.120. The monoisotopic (exact) mass is 239 g/mol. The molecule has 1 rings (SSSR count). The third-order valence-electron chi connectivity index (χ3n) is 2.31. The van der Waals surface area contributed by atoms with Gasteiger partial charge in [0.1, 0.15) is 5.76 Å². The van der Waals surface area contributed by atoms with Crippen LogP contribution in [0.25, 0.3) is 0 Å². The highest BCUT2D eigenvalue weighted by atomic mass is 16.5. The van der Waals surface area contributed by atoms with Crippen molar-refractivity contribution in [2.45, 2.75) is 33.7 Å². The van der Waals surface area contributed by atoms with E-state index < -0.39 is 0 Å². The van der Waals surface area contributed by atoms with Crippen LogP contribution in [0.3, 0.4) is 0 Å². The van der Waals surface area contributed by atoms with Gasteiger partial charge in [0.25, 0.3) is 0 Å². The Kier molecular flexibility index (Phi) is 5.69. The molecule has 0 atom stereocenters. The molecule has 0 spiro atoms. The van der Waals surface area contributed by atoms with Crippen LogP contribution < -0.4 is 10.6 Å². The number of amides is 1. The average Bonchev–Trinajstić information content (AvgIpc) is 2.63. The van der Waals surface area contributed by atoms with Gasteiger partial charge in [-0.3, -0.25) is 4.79 Å². The highest BCUT2D eigenvalue weighted by molar-refractivity contribution is 5.77. The van der Waals surface area contributed by atoms with E-state index >= 15 is 0 Å². The third kappa shape index (κ3) is 6.06. The molecule has 1 heterocycles. The molecular formula is C12H21N3O2. The largest absolute Gasteiger partial charge is 0.361 e. The van der Waals surface area contributed by atoms with Gasteiger partial charge in [-0.15, -0.1) is 0 Å². The maximum absolute atomic E-state index is 11.4. The lowest BCUT2D eigenvalue weighted by Gasteiger charge is -2.07. The molecule has 0 aliphatic rings. The summed E-state index contributed by atoms with van der Waals surface area (Å²) in [4.78, 5) is 11.4. The fourth-order valence-corrected chi connectivity index (χ4v) is 1.37. The zero-order chi connectivity index (χ0) is 12.7. The molecule has 1 amide bonds. The van der Waals surface area contributed by atoms with Crippen LogP contribution in [0, 0.1) is 12.8 Å². The van der Waals surface area contributed by atoms with Crippen molar-refractivity contribution < 1.29 is 9.32 Å². The number of aromatic nitrogens is 1. The normalized spacial score (nSPS) is 10.8. The molecule has 5 nitrogen and oxygen atoms in total. The van der Waals surface area contributed by atoms with E-state index in [1.807, 2.05) is 13.0 Å². The molecule has 0 aromatic carbocycles. The van der Waals surface area contributed by atoms with Crippen molar-refractivity contribution in [2.75, 3.05) is 13.1 Å². The molecule has 17 heavy (non-hydrogen) atoms. The van der Waals surface area contributed by atoms with Crippen molar-refractivity contribution in [2.24, 2.45) is 5.92 Å². The minimum atomic E-state index is 0.0193. The van der Waals surface area contributed by atoms with Gasteiger partial charge in [-0.25, -0.2) is 0 Å². The number of hydrogen-bond donors (Lipinski definition) is 2. The van der Waals surface area contributed by atoms with Crippen LogP contribution >= 0.6 is 0 Å².